The summed E-state index contributed by atoms with van der Waals surface area (Å²) >= 11 is 0. The fraction of sp³-hybridized carbons (Fsp3) is 0.889. The molecule has 3 heteroatoms. The number of primary amides is 1. The highest BCUT2D eigenvalue weighted by atomic mass is 16.1. The van der Waals surface area contributed by atoms with Crippen molar-refractivity contribution in [1.29, 1.82) is 0 Å². The van der Waals surface area contributed by atoms with Gasteiger partial charge in [-0.25, -0.2) is 0 Å². The molecule has 0 aliphatic heterocycles. The van der Waals surface area contributed by atoms with Crippen molar-refractivity contribution in [3.05, 3.63) is 0 Å². The van der Waals surface area contributed by atoms with Crippen LogP contribution in [0.4, 0.5) is 0 Å². The van der Waals surface area contributed by atoms with E-state index in [-0.39, 0.29) is 11.8 Å². The molecule has 0 aliphatic carbocycles. The van der Waals surface area contributed by atoms with Crippen molar-refractivity contribution < 1.29 is 4.79 Å². The lowest BCUT2D eigenvalue weighted by molar-refractivity contribution is -0.121. The SMILES string of the molecule is CC(CCCCCCN)C(N)=O. The summed E-state index contributed by atoms with van der Waals surface area (Å²) in [5, 5.41) is 0. The van der Waals surface area contributed by atoms with Gasteiger partial charge < -0.3 is 11.5 Å². The Labute approximate surface area is 74.5 Å². The lowest BCUT2D eigenvalue weighted by Crippen LogP contribution is -2.20. The van der Waals surface area contributed by atoms with E-state index in [0.29, 0.717) is 0 Å². The molecular weight excluding hydrogens is 152 g/mol. The minimum absolute atomic E-state index is 0.0304. The third-order valence-electron chi connectivity index (χ3n) is 2.08. The largest absolute Gasteiger partial charge is 0.369 e. The summed E-state index contributed by atoms with van der Waals surface area (Å²) in [6.07, 6.45) is 5.42. The Hall–Kier alpha value is -0.570. The Balaban J connectivity index is 3.14. The van der Waals surface area contributed by atoms with Gasteiger partial charge >= 0.3 is 0 Å². The molecule has 0 radical (unpaired) electrons. The van der Waals surface area contributed by atoms with Crippen LogP contribution in [-0.2, 0) is 4.79 Å². The minimum atomic E-state index is -0.186. The fourth-order valence-electron chi connectivity index (χ4n) is 1.09. The third-order valence-corrected chi connectivity index (χ3v) is 2.08. The van der Waals surface area contributed by atoms with Crippen molar-refractivity contribution in [3.63, 3.8) is 0 Å². The molecule has 4 N–H and O–H groups in total. The van der Waals surface area contributed by atoms with E-state index in [9.17, 15) is 4.79 Å². The molecule has 0 saturated carbocycles. The number of unbranched alkanes of at least 4 members (excludes halogenated alkanes) is 3. The van der Waals surface area contributed by atoms with Gasteiger partial charge in [-0.05, 0) is 19.4 Å². The first-order chi connectivity index (χ1) is 5.68. The molecule has 0 aromatic carbocycles. The van der Waals surface area contributed by atoms with E-state index in [4.69, 9.17) is 11.5 Å². The zero-order valence-electron chi connectivity index (χ0n) is 7.88. The number of nitrogens with two attached hydrogens (primary N) is 2. The van der Waals surface area contributed by atoms with Crippen LogP contribution in [0.1, 0.15) is 39.0 Å². The standard InChI is InChI=1S/C9H20N2O/c1-8(9(11)12)6-4-2-3-5-7-10/h8H,2-7,10H2,1H3,(H2,11,12). The van der Waals surface area contributed by atoms with Crippen LogP contribution >= 0.6 is 0 Å². The molecule has 1 unspecified atom stereocenters. The van der Waals surface area contributed by atoms with E-state index in [1.165, 1.54) is 6.42 Å². The maximum absolute atomic E-state index is 10.6. The van der Waals surface area contributed by atoms with E-state index in [2.05, 4.69) is 0 Å². The third kappa shape index (κ3) is 6.16. The number of amides is 1. The number of rotatable bonds is 7. The normalized spacial score (nSPS) is 12.8. The molecule has 1 amide bonds. The van der Waals surface area contributed by atoms with Gasteiger partial charge in [0, 0.05) is 5.92 Å². The monoisotopic (exact) mass is 172 g/mol. The Morgan fingerprint density at radius 1 is 1.25 bits per heavy atom. The van der Waals surface area contributed by atoms with Crippen LogP contribution in [0.15, 0.2) is 0 Å². The van der Waals surface area contributed by atoms with Crippen LogP contribution in [0, 0.1) is 5.92 Å². The van der Waals surface area contributed by atoms with Crippen LogP contribution in [0.3, 0.4) is 0 Å². The van der Waals surface area contributed by atoms with Crippen molar-refractivity contribution in [2.45, 2.75) is 39.0 Å². The molecule has 0 heterocycles. The Bertz CT molecular complexity index is 126. The van der Waals surface area contributed by atoms with Crippen LogP contribution in [-0.4, -0.2) is 12.5 Å². The van der Waals surface area contributed by atoms with Crippen LogP contribution in [0.2, 0.25) is 0 Å². The molecule has 72 valence electrons. The predicted molar refractivity (Wildman–Crippen MR) is 50.5 cm³/mol. The van der Waals surface area contributed by atoms with Crippen molar-refractivity contribution in [1.82, 2.24) is 0 Å². The summed E-state index contributed by atoms with van der Waals surface area (Å²) in [5.41, 5.74) is 10.5. The summed E-state index contributed by atoms with van der Waals surface area (Å²) in [7, 11) is 0. The molecule has 0 aromatic heterocycles. The van der Waals surface area contributed by atoms with Crippen molar-refractivity contribution in [3.8, 4) is 0 Å². The fourth-order valence-corrected chi connectivity index (χ4v) is 1.09. The molecule has 1 atom stereocenters. The molecule has 0 aromatic rings. The highest BCUT2D eigenvalue weighted by Gasteiger charge is 2.06. The summed E-state index contributed by atoms with van der Waals surface area (Å²) < 4.78 is 0. The van der Waals surface area contributed by atoms with Crippen molar-refractivity contribution in [2.75, 3.05) is 6.54 Å². The first kappa shape index (κ1) is 11.4. The molecule has 3 nitrogen and oxygen atoms in total. The maximum Gasteiger partial charge on any atom is 0.220 e. The maximum atomic E-state index is 10.6. The van der Waals surface area contributed by atoms with E-state index in [1.54, 1.807) is 0 Å². The van der Waals surface area contributed by atoms with Gasteiger partial charge in [0.25, 0.3) is 0 Å². The van der Waals surface area contributed by atoms with Crippen LogP contribution in [0.5, 0.6) is 0 Å². The van der Waals surface area contributed by atoms with E-state index in [1.807, 2.05) is 6.92 Å². The second kappa shape index (κ2) is 7.10. The van der Waals surface area contributed by atoms with Gasteiger partial charge in [-0.15, -0.1) is 0 Å². The predicted octanol–water partition coefficient (Wildman–Crippen LogP) is 1.02. The second-order valence-electron chi connectivity index (χ2n) is 3.29. The Kier molecular flexibility index (Phi) is 6.76. The Morgan fingerprint density at radius 3 is 2.33 bits per heavy atom. The van der Waals surface area contributed by atoms with E-state index >= 15 is 0 Å². The topological polar surface area (TPSA) is 69.1 Å². The zero-order chi connectivity index (χ0) is 9.40. The van der Waals surface area contributed by atoms with Crippen molar-refractivity contribution in [2.24, 2.45) is 17.4 Å². The number of hydrogen-bond donors (Lipinski definition) is 2. The van der Waals surface area contributed by atoms with Gasteiger partial charge in [0.2, 0.25) is 5.91 Å². The van der Waals surface area contributed by atoms with Gasteiger partial charge in [0.15, 0.2) is 0 Å². The first-order valence-corrected chi connectivity index (χ1v) is 4.68. The second-order valence-corrected chi connectivity index (χ2v) is 3.29. The molecule has 0 rings (SSSR count). The number of hydrogen-bond acceptors (Lipinski definition) is 2. The smallest absolute Gasteiger partial charge is 0.220 e. The van der Waals surface area contributed by atoms with Crippen molar-refractivity contribution >= 4 is 5.91 Å². The average molecular weight is 172 g/mol. The van der Waals surface area contributed by atoms with Crippen LogP contribution < -0.4 is 11.5 Å². The summed E-state index contributed by atoms with van der Waals surface area (Å²) in [6.45, 7) is 2.65. The van der Waals surface area contributed by atoms with Gasteiger partial charge in [0.1, 0.15) is 0 Å². The minimum Gasteiger partial charge on any atom is -0.369 e. The molecule has 0 aliphatic rings. The molecule has 0 saturated heterocycles. The Morgan fingerprint density at radius 2 is 1.83 bits per heavy atom. The highest BCUT2D eigenvalue weighted by Crippen LogP contribution is 2.09. The summed E-state index contributed by atoms with van der Waals surface area (Å²) in [6, 6.07) is 0. The molecular formula is C9H20N2O. The molecule has 0 bridgehead atoms. The summed E-state index contributed by atoms with van der Waals surface area (Å²) in [4.78, 5) is 10.6. The van der Waals surface area contributed by atoms with Gasteiger partial charge in [0.05, 0.1) is 0 Å². The van der Waals surface area contributed by atoms with Gasteiger partial charge in [-0.2, -0.15) is 0 Å². The molecule has 0 fully saturated rings. The zero-order valence-corrected chi connectivity index (χ0v) is 7.88. The number of carbonyl (C=O) groups is 1. The van der Waals surface area contributed by atoms with E-state index < -0.39 is 0 Å². The van der Waals surface area contributed by atoms with Crippen LogP contribution in [0.25, 0.3) is 0 Å². The molecule has 0 spiro atoms. The lowest BCUT2D eigenvalue weighted by Gasteiger charge is -2.05. The van der Waals surface area contributed by atoms with Gasteiger partial charge in [-0.1, -0.05) is 26.2 Å². The number of carbonyl (C=O) groups excluding carboxylic acids is 1. The summed E-state index contributed by atoms with van der Waals surface area (Å²) in [5.74, 6) is -0.156. The quantitative estimate of drug-likeness (QED) is 0.563. The molecule has 12 heavy (non-hydrogen) atoms. The lowest BCUT2D eigenvalue weighted by atomic mass is 10.0. The van der Waals surface area contributed by atoms with E-state index in [0.717, 1.165) is 32.2 Å². The van der Waals surface area contributed by atoms with Gasteiger partial charge in [-0.3, -0.25) is 4.79 Å². The highest BCUT2D eigenvalue weighted by molar-refractivity contribution is 5.76. The average Bonchev–Trinajstić information content (AvgIpc) is 2.03. The first-order valence-electron chi connectivity index (χ1n) is 4.68.